The molecule has 2 aliphatic heterocycles. The molecule has 0 aromatic heterocycles. The fourth-order valence-corrected chi connectivity index (χ4v) is 11.1. The van der Waals surface area contributed by atoms with Crippen LogP contribution in [0.2, 0.25) is 5.04 Å². The van der Waals surface area contributed by atoms with Crippen LogP contribution in [0.5, 0.6) is 0 Å². The van der Waals surface area contributed by atoms with E-state index in [1.165, 1.54) is 10.4 Å². The maximum atomic E-state index is 9.58. The lowest BCUT2D eigenvalue weighted by Gasteiger charge is -2.45. The lowest BCUT2D eigenvalue weighted by Crippen LogP contribution is -2.67. The van der Waals surface area contributed by atoms with Gasteiger partial charge in [-0.2, -0.15) is 0 Å². The van der Waals surface area contributed by atoms with Gasteiger partial charge in [-0.05, 0) is 28.8 Å². The average Bonchev–Trinajstić information content (AvgIpc) is 3.76. The molecule has 0 bridgehead atoms. The Morgan fingerprint density at radius 2 is 1.38 bits per heavy atom. The van der Waals surface area contributed by atoms with E-state index in [1.54, 1.807) is 0 Å². The molecule has 5 rings (SSSR count). The van der Waals surface area contributed by atoms with Gasteiger partial charge in [0.2, 0.25) is 0 Å². The molecule has 40 heavy (non-hydrogen) atoms. The minimum atomic E-state index is -2.67. The molecule has 2 aliphatic rings. The van der Waals surface area contributed by atoms with Crippen molar-refractivity contribution in [2.24, 2.45) is 5.92 Å². The van der Waals surface area contributed by atoms with Gasteiger partial charge in [0.05, 0.1) is 24.9 Å². The SMILES string of the molecule is C[C@H]([C@@H]1O[C@H]1CO)[C@@H]1C[C@H](C[C@@H](C)O[Si](c2ccccc2)(c2ccccc2)C(C)(C)C)O[C@H](c2ccccc2)O1. The number of hydrogen-bond donors (Lipinski definition) is 1. The Kier molecular flexibility index (Phi) is 8.95. The van der Waals surface area contributed by atoms with Crippen molar-refractivity contribution in [3.05, 3.63) is 96.6 Å². The molecule has 2 fully saturated rings. The summed E-state index contributed by atoms with van der Waals surface area (Å²) in [5.74, 6) is 0.155. The van der Waals surface area contributed by atoms with Crippen LogP contribution in [0, 0.1) is 5.92 Å². The number of rotatable bonds is 10. The van der Waals surface area contributed by atoms with E-state index in [9.17, 15) is 5.11 Å². The second-order valence-corrected chi connectivity index (χ2v) is 16.7. The van der Waals surface area contributed by atoms with Crippen LogP contribution in [0.15, 0.2) is 91.0 Å². The van der Waals surface area contributed by atoms with Crippen LogP contribution in [-0.4, -0.2) is 50.6 Å². The lowest BCUT2D eigenvalue weighted by atomic mass is 9.91. The molecule has 6 heteroatoms. The third-order valence-corrected chi connectivity index (χ3v) is 13.6. The fourth-order valence-electron chi connectivity index (χ4n) is 6.38. The van der Waals surface area contributed by atoms with Crippen LogP contribution in [0.1, 0.15) is 59.3 Å². The second-order valence-electron chi connectivity index (χ2n) is 12.4. The monoisotopic (exact) mass is 560 g/mol. The van der Waals surface area contributed by atoms with E-state index in [2.05, 4.69) is 107 Å². The van der Waals surface area contributed by atoms with E-state index in [4.69, 9.17) is 18.6 Å². The van der Waals surface area contributed by atoms with Gasteiger partial charge in [-0.15, -0.1) is 0 Å². The van der Waals surface area contributed by atoms with Crippen LogP contribution >= 0.6 is 0 Å². The first kappa shape index (κ1) is 29.2. The zero-order valence-corrected chi connectivity index (χ0v) is 25.4. The van der Waals surface area contributed by atoms with E-state index in [-0.39, 0.29) is 48.1 Å². The van der Waals surface area contributed by atoms with E-state index >= 15 is 0 Å². The fraction of sp³-hybridized carbons (Fsp3) is 0.471. The Bertz CT molecular complexity index is 1160. The molecule has 5 nitrogen and oxygen atoms in total. The topological polar surface area (TPSA) is 60.5 Å². The van der Waals surface area contributed by atoms with Gasteiger partial charge < -0.3 is 23.7 Å². The van der Waals surface area contributed by atoms with Crippen molar-refractivity contribution >= 4 is 18.7 Å². The van der Waals surface area contributed by atoms with Crippen LogP contribution in [0.3, 0.4) is 0 Å². The summed E-state index contributed by atoms with van der Waals surface area (Å²) in [5, 5.41) is 12.1. The maximum absolute atomic E-state index is 9.58. The van der Waals surface area contributed by atoms with Gasteiger partial charge in [0, 0.05) is 24.0 Å². The maximum Gasteiger partial charge on any atom is 0.261 e. The quantitative estimate of drug-likeness (QED) is 0.258. The molecule has 2 saturated heterocycles. The first-order valence-electron chi connectivity index (χ1n) is 14.6. The summed E-state index contributed by atoms with van der Waals surface area (Å²) in [6.07, 6.45) is 0.898. The summed E-state index contributed by atoms with van der Waals surface area (Å²) in [4.78, 5) is 0. The molecule has 0 aliphatic carbocycles. The normalized spacial score (nSPS) is 26.7. The van der Waals surface area contributed by atoms with Crippen molar-refractivity contribution in [1.29, 1.82) is 0 Å². The van der Waals surface area contributed by atoms with Gasteiger partial charge >= 0.3 is 0 Å². The summed E-state index contributed by atoms with van der Waals surface area (Å²) in [5.41, 5.74) is 1.01. The largest absolute Gasteiger partial charge is 0.405 e. The highest BCUT2D eigenvalue weighted by molar-refractivity contribution is 6.99. The standard InChI is InChI=1S/C34H44O5Si/c1-24(39-40(34(3,4)5,28-17-11-7-12-18-28)29-19-13-8-14-20-29)21-27-22-30(25(2)32-31(23-35)37-32)38-33(36-27)26-15-9-6-10-16-26/h6-20,24-25,27,30-33,35H,21-23H2,1-5H3/t24-,25+,27+,30+,31+,32+,33+/m1/s1. The molecule has 7 atom stereocenters. The Morgan fingerprint density at radius 1 is 0.825 bits per heavy atom. The smallest absolute Gasteiger partial charge is 0.261 e. The molecule has 2 heterocycles. The van der Waals surface area contributed by atoms with Crippen molar-refractivity contribution in [1.82, 2.24) is 0 Å². The molecule has 1 N–H and O–H groups in total. The van der Waals surface area contributed by atoms with Gasteiger partial charge in [0.1, 0.15) is 6.10 Å². The number of ether oxygens (including phenoxy) is 3. The molecule has 3 aromatic rings. The van der Waals surface area contributed by atoms with Gasteiger partial charge in [-0.3, -0.25) is 0 Å². The number of aliphatic hydroxyl groups is 1. The Balaban J connectivity index is 1.41. The molecule has 3 aromatic carbocycles. The van der Waals surface area contributed by atoms with Gasteiger partial charge in [-0.25, -0.2) is 0 Å². The van der Waals surface area contributed by atoms with Gasteiger partial charge in [0.15, 0.2) is 6.29 Å². The van der Waals surface area contributed by atoms with E-state index < -0.39 is 14.6 Å². The van der Waals surface area contributed by atoms with Crippen molar-refractivity contribution in [2.75, 3.05) is 6.61 Å². The molecule has 214 valence electrons. The summed E-state index contributed by atoms with van der Waals surface area (Å²) in [6, 6.07) is 31.7. The van der Waals surface area contributed by atoms with Crippen molar-refractivity contribution in [3.63, 3.8) is 0 Å². The summed E-state index contributed by atoms with van der Waals surface area (Å²) >= 11 is 0. The predicted octanol–water partition coefficient (Wildman–Crippen LogP) is 5.61. The second kappa shape index (κ2) is 12.3. The van der Waals surface area contributed by atoms with Gasteiger partial charge in [0.25, 0.3) is 8.32 Å². The van der Waals surface area contributed by atoms with Gasteiger partial charge in [-0.1, -0.05) is 119 Å². The van der Waals surface area contributed by atoms with Crippen molar-refractivity contribution < 1.29 is 23.7 Å². The molecular formula is C34H44O5Si. The zero-order chi connectivity index (χ0) is 28.3. The van der Waals surface area contributed by atoms with Crippen LogP contribution in [-0.2, 0) is 18.6 Å². The number of aliphatic hydroxyl groups excluding tert-OH is 1. The minimum Gasteiger partial charge on any atom is -0.405 e. The number of benzene rings is 3. The highest BCUT2D eigenvalue weighted by Crippen LogP contribution is 2.41. The highest BCUT2D eigenvalue weighted by Gasteiger charge is 2.52. The predicted molar refractivity (Wildman–Crippen MR) is 161 cm³/mol. The highest BCUT2D eigenvalue weighted by atomic mass is 28.4. The van der Waals surface area contributed by atoms with Crippen LogP contribution in [0.25, 0.3) is 0 Å². The van der Waals surface area contributed by atoms with Crippen LogP contribution in [0.4, 0.5) is 0 Å². The van der Waals surface area contributed by atoms with Crippen LogP contribution < -0.4 is 10.4 Å². The molecule has 0 spiro atoms. The minimum absolute atomic E-state index is 0.0240. The molecule has 0 unspecified atom stereocenters. The van der Waals surface area contributed by atoms with E-state index in [0.29, 0.717) is 0 Å². The third kappa shape index (κ3) is 6.13. The molecule has 0 saturated carbocycles. The van der Waals surface area contributed by atoms with Crippen molar-refractivity contribution in [3.8, 4) is 0 Å². The van der Waals surface area contributed by atoms with E-state index in [1.807, 2.05) is 18.2 Å². The molecule has 0 amide bonds. The third-order valence-electron chi connectivity index (χ3n) is 8.48. The summed E-state index contributed by atoms with van der Waals surface area (Å²) in [7, 11) is -2.67. The van der Waals surface area contributed by atoms with Crippen molar-refractivity contribution in [2.45, 2.75) is 89.3 Å². The number of hydrogen-bond acceptors (Lipinski definition) is 5. The Labute approximate surface area is 240 Å². The summed E-state index contributed by atoms with van der Waals surface area (Å²) < 4.78 is 26.2. The number of epoxide rings is 1. The first-order chi connectivity index (χ1) is 19.2. The molecular weight excluding hydrogens is 516 g/mol. The zero-order valence-electron chi connectivity index (χ0n) is 24.4. The average molecular weight is 561 g/mol. The molecule has 0 radical (unpaired) electrons. The Morgan fingerprint density at radius 3 is 1.88 bits per heavy atom. The first-order valence-corrected chi connectivity index (χ1v) is 16.5. The summed E-state index contributed by atoms with van der Waals surface area (Å²) in [6.45, 7) is 11.3. The Hall–Kier alpha value is -2.32. The van der Waals surface area contributed by atoms with E-state index in [0.717, 1.165) is 18.4 Å². The lowest BCUT2D eigenvalue weighted by molar-refractivity contribution is -0.261.